The maximum absolute atomic E-state index is 12.0. The number of hydrogen-bond acceptors (Lipinski definition) is 7. The smallest absolute Gasteiger partial charge is 0.351 e. The van der Waals surface area contributed by atoms with Gasteiger partial charge in [-0.15, -0.1) is 0 Å². The molecule has 0 unspecified atom stereocenters. The van der Waals surface area contributed by atoms with Gasteiger partial charge < -0.3 is 25.4 Å². The highest BCUT2D eigenvalue weighted by Crippen LogP contribution is 2.28. The Morgan fingerprint density at radius 1 is 1.43 bits per heavy atom. The lowest BCUT2D eigenvalue weighted by atomic mass is 10.1. The minimum Gasteiger partial charge on any atom is -0.394 e. The summed E-state index contributed by atoms with van der Waals surface area (Å²) in [4.78, 5) is 27.4. The number of carbonyl (C=O) groups excluding carboxylic acids is 1. The third kappa shape index (κ3) is 3.94. The van der Waals surface area contributed by atoms with Crippen molar-refractivity contribution in [3.05, 3.63) is 22.7 Å². The summed E-state index contributed by atoms with van der Waals surface area (Å²) in [7, 11) is 0. The third-order valence-electron chi connectivity index (χ3n) is 3.65. The average molecular weight is 327 g/mol. The lowest BCUT2D eigenvalue weighted by molar-refractivity contribution is -0.116. The number of ether oxygens (including phenoxy) is 1. The van der Waals surface area contributed by atoms with Crippen molar-refractivity contribution in [3.63, 3.8) is 0 Å². The molecule has 1 aliphatic heterocycles. The Labute approximate surface area is 132 Å². The molecule has 23 heavy (non-hydrogen) atoms. The number of unbranched alkanes of at least 4 members (excludes halogenated alkanes) is 1. The summed E-state index contributed by atoms with van der Waals surface area (Å²) >= 11 is 0. The molecular weight excluding hydrogens is 306 g/mol. The van der Waals surface area contributed by atoms with Gasteiger partial charge in [-0.3, -0.25) is 9.36 Å². The van der Waals surface area contributed by atoms with E-state index in [1.54, 1.807) is 0 Å². The lowest BCUT2D eigenvalue weighted by Crippen LogP contribution is -2.36. The normalized spacial score (nSPS) is 27.1. The number of anilines is 1. The highest BCUT2D eigenvalue weighted by atomic mass is 16.6. The number of aliphatic hydroxyl groups excluding tert-OH is 3. The first-order valence-electron chi connectivity index (χ1n) is 7.49. The number of carbonyl (C=O) groups is 1. The zero-order chi connectivity index (χ0) is 17.0. The molecule has 128 valence electrons. The molecule has 1 fully saturated rings. The van der Waals surface area contributed by atoms with Crippen LogP contribution in [0.3, 0.4) is 0 Å². The highest BCUT2D eigenvalue weighted by molar-refractivity contribution is 5.89. The molecule has 9 nitrogen and oxygen atoms in total. The van der Waals surface area contributed by atoms with Gasteiger partial charge in [0, 0.05) is 12.6 Å². The fourth-order valence-corrected chi connectivity index (χ4v) is 2.33. The molecule has 1 aromatic heterocycles. The molecule has 2 heterocycles. The van der Waals surface area contributed by atoms with E-state index in [4.69, 9.17) is 9.84 Å². The second-order valence-electron chi connectivity index (χ2n) is 5.38. The van der Waals surface area contributed by atoms with Gasteiger partial charge in [0.05, 0.1) is 6.61 Å². The van der Waals surface area contributed by atoms with Gasteiger partial charge in [-0.1, -0.05) is 13.3 Å². The molecular formula is C14H21N3O6. The van der Waals surface area contributed by atoms with E-state index in [1.165, 1.54) is 12.3 Å². The number of aromatic nitrogens is 2. The van der Waals surface area contributed by atoms with E-state index in [1.807, 2.05) is 6.92 Å². The van der Waals surface area contributed by atoms with Crippen molar-refractivity contribution in [1.29, 1.82) is 0 Å². The van der Waals surface area contributed by atoms with Crippen LogP contribution in [0.25, 0.3) is 0 Å². The van der Waals surface area contributed by atoms with Gasteiger partial charge in [0.2, 0.25) is 5.91 Å². The minimum atomic E-state index is -1.36. The molecule has 0 spiro atoms. The number of hydrogen-bond donors (Lipinski definition) is 4. The van der Waals surface area contributed by atoms with E-state index in [0.29, 0.717) is 6.42 Å². The fraction of sp³-hybridized carbons (Fsp3) is 0.643. The van der Waals surface area contributed by atoms with Crippen molar-refractivity contribution in [2.45, 2.75) is 50.7 Å². The monoisotopic (exact) mass is 327 g/mol. The first-order chi connectivity index (χ1) is 11.0. The van der Waals surface area contributed by atoms with Gasteiger partial charge in [-0.05, 0) is 12.5 Å². The van der Waals surface area contributed by atoms with Crippen molar-refractivity contribution in [3.8, 4) is 0 Å². The van der Waals surface area contributed by atoms with Crippen LogP contribution in [0.1, 0.15) is 32.4 Å². The van der Waals surface area contributed by atoms with Crippen LogP contribution >= 0.6 is 0 Å². The van der Waals surface area contributed by atoms with Crippen LogP contribution in [0.2, 0.25) is 0 Å². The minimum absolute atomic E-state index is 0.110. The molecule has 0 bridgehead atoms. The third-order valence-corrected chi connectivity index (χ3v) is 3.65. The number of rotatable bonds is 6. The first-order valence-corrected chi connectivity index (χ1v) is 7.49. The average Bonchev–Trinajstić information content (AvgIpc) is 2.81. The fourth-order valence-electron chi connectivity index (χ4n) is 2.33. The SMILES string of the molecule is CCCCC(=O)Nc1ccn([C@@H]2O[C@H](CO)[C@@H](O)[C@@H]2O)c(=O)n1. The largest absolute Gasteiger partial charge is 0.394 e. The van der Waals surface area contributed by atoms with E-state index < -0.39 is 36.8 Å². The molecule has 2 rings (SSSR count). The summed E-state index contributed by atoms with van der Waals surface area (Å²) in [6.07, 6.45) is -1.51. The molecule has 1 amide bonds. The number of amides is 1. The summed E-state index contributed by atoms with van der Waals surface area (Å²) in [5.74, 6) is -0.122. The van der Waals surface area contributed by atoms with Crippen molar-refractivity contribution in [2.24, 2.45) is 0 Å². The Hall–Kier alpha value is -1.81. The maximum Gasteiger partial charge on any atom is 0.351 e. The van der Waals surface area contributed by atoms with Crippen LogP contribution in [0, 0.1) is 0 Å². The van der Waals surface area contributed by atoms with Gasteiger partial charge >= 0.3 is 5.69 Å². The van der Waals surface area contributed by atoms with E-state index in [0.717, 1.165) is 17.4 Å². The van der Waals surface area contributed by atoms with Crippen LogP contribution < -0.4 is 11.0 Å². The van der Waals surface area contributed by atoms with Gasteiger partial charge in [0.15, 0.2) is 6.23 Å². The second-order valence-corrected chi connectivity index (χ2v) is 5.38. The van der Waals surface area contributed by atoms with E-state index >= 15 is 0 Å². The molecule has 0 aliphatic carbocycles. The van der Waals surface area contributed by atoms with Crippen LogP contribution in [0.5, 0.6) is 0 Å². The molecule has 4 N–H and O–H groups in total. The summed E-state index contributed by atoms with van der Waals surface area (Å²) in [6, 6.07) is 1.40. The molecule has 0 aromatic carbocycles. The van der Waals surface area contributed by atoms with Crippen molar-refractivity contribution in [1.82, 2.24) is 9.55 Å². The second kappa shape index (κ2) is 7.64. The van der Waals surface area contributed by atoms with Crippen LogP contribution in [-0.4, -0.2) is 55.7 Å². The maximum atomic E-state index is 12.0. The van der Waals surface area contributed by atoms with E-state index in [-0.39, 0.29) is 11.7 Å². The van der Waals surface area contributed by atoms with Crippen molar-refractivity contribution < 1.29 is 24.9 Å². The molecule has 1 saturated heterocycles. The highest BCUT2D eigenvalue weighted by Gasteiger charge is 2.43. The van der Waals surface area contributed by atoms with Gasteiger partial charge in [-0.2, -0.15) is 4.98 Å². The molecule has 1 aromatic rings. The Kier molecular flexibility index (Phi) is 5.83. The Balaban J connectivity index is 2.11. The molecule has 0 saturated carbocycles. The number of nitrogens with zero attached hydrogens (tertiary/aromatic N) is 2. The molecule has 1 aliphatic rings. The van der Waals surface area contributed by atoms with Gasteiger partial charge in [0.25, 0.3) is 0 Å². The quantitative estimate of drug-likeness (QED) is 0.525. The van der Waals surface area contributed by atoms with Gasteiger partial charge in [0.1, 0.15) is 24.1 Å². The topological polar surface area (TPSA) is 134 Å². The summed E-state index contributed by atoms with van der Waals surface area (Å²) < 4.78 is 6.27. The van der Waals surface area contributed by atoms with E-state index in [9.17, 15) is 19.8 Å². The number of aliphatic hydroxyl groups is 3. The predicted octanol–water partition coefficient (Wildman–Crippen LogP) is -1.02. The zero-order valence-electron chi connectivity index (χ0n) is 12.8. The Morgan fingerprint density at radius 3 is 2.74 bits per heavy atom. The van der Waals surface area contributed by atoms with Gasteiger partial charge in [-0.25, -0.2) is 4.79 Å². The molecule has 0 radical (unpaired) electrons. The Bertz CT molecular complexity index is 604. The van der Waals surface area contributed by atoms with Crippen molar-refractivity contribution >= 4 is 11.7 Å². The van der Waals surface area contributed by atoms with Crippen LogP contribution in [0.15, 0.2) is 17.1 Å². The first kappa shape index (κ1) is 17.5. The van der Waals surface area contributed by atoms with E-state index in [2.05, 4.69) is 10.3 Å². The molecule has 4 atom stereocenters. The van der Waals surface area contributed by atoms with Crippen LogP contribution in [0.4, 0.5) is 5.82 Å². The summed E-state index contributed by atoms with van der Waals surface area (Å²) in [5.41, 5.74) is -0.742. The number of nitrogens with one attached hydrogen (secondary N) is 1. The summed E-state index contributed by atoms with van der Waals surface area (Å²) in [5, 5.41) is 31.2. The molecule has 9 heteroatoms. The lowest BCUT2D eigenvalue weighted by Gasteiger charge is -2.17. The zero-order valence-corrected chi connectivity index (χ0v) is 12.8. The predicted molar refractivity (Wildman–Crippen MR) is 79.7 cm³/mol. The van der Waals surface area contributed by atoms with Crippen molar-refractivity contribution in [2.75, 3.05) is 11.9 Å². The standard InChI is InChI=1S/C14H21N3O6/c1-2-3-4-10(19)15-9-5-6-17(14(22)16-9)13-12(21)11(20)8(7-18)23-13/h5-6,8,11-13,18,20-21H,2-4,7H2,1H3,(H,15,16,19,22)/t8-,11-,12+,13-/m1/s1. The Morgan fingerprint density at radius 2 is 2.17 bits per heavy atom. The van der Waals surface area contributed by atoms with Crippen LogP contribution in [-0.2, 0) is 9.53 Å². The summed E-state index contributed by atoms with van der Waals surface area (Å²) in [6.45, 7) is 1.48.